The van der Waals surface area contributed by atoms with Crippen LogP contribution in [0.5, 0.6) is 0 Å². The van der Waals surface area contributed by atoms with Crippen LogP contribution in [0.3, 0.4) is 0 Å². The normalized spacial score (nSPS) is 17.8. The van der Waals surface area contributed by atoms with E-state index in [2.05, 4.69) is 38.8 Å². The van der Waals surface area contributed by atoms with Crippen molar-refractivity contribution in [2.24, 2.45) is 11.3 Å². The van der Waals surface area contributed by atoms with Gasteiger partial charge in [0.2, 0.25) is 0 Å². The van der Waals surface area contributed by atoms with Crippen molar-refractivity contribution in [3.8, 4) is 0 Å². The summed E-state index contributed by atoms with van der Waals surface area (Å²) in [5, 5.41) is 2.04. The smallest absolute Gasteiger partial charge is 0.0538 e. The lowest BCUT2D eigenvalue weighted by atomic mass is 9.91. The summed E-state index contributed by atoms with van der Waals surface area (Å²) in [5.41, 5.74) is 0.300. The molecule has 1 nitrogen and oxygen atoms in total. The number of hydrogen-bond donors (Lipinski definition) is 0. The largest absolute Gasteiger partial charge is 0.381 e. The SMILES string of the molecule is CCC(CBr)(CBr)COCC1CC1. The first-order valence-electron chi connectivity index (χ1n) is 4.96. The van der Waals surface area contributed by atoms with Crippen molar-refractivity contribution in [1.29, 1.82) is 0 Å². The van der Waals surface area contributed by atoms with E-state index in [1.807, 2.05) is 0 Å². The molecule has 1 aliphatic carbocycles. The third kappa shape index (κ3) is 3.88. The van der Waals surface area contributed by atoms with E-state index >= 15 is 0 Å². The van der Waals surface area contributed by atoms with E-state index in [0.717, 1.165) is 36.2 Å². The summed E-state index contributed by atoms with van der Waals surface area (Å²) in [6.07, 6.45) is 3.91. The van der Waals surface area contributed by atoms with Crippen molar-refractivity contribution in [3.63, 3.8) is 0 Å². The zero-order valence-electron chi connectivity index (χ0n) is 8.19. The minimum atomic E-state index is 0.300. The van der Waals surface area contributed by atoms with Crippen LogP contribution in [0.1, 0.15) is 26.2 Å². The third-order valence-corrected chi connectivity index (χ3v) is 5.15. The van der Waals surface area contributed by atoms with Gasteiger partial charge in [-0.05, 0) is 25.2 Å². The Kier molecular flexibility index (Phi) is 5.27. The lowest BCUT2D eigenvalue weighted by molar-refractivity contribution is 0.0596. The monoisotopic (exact) mass is 312 g/mol. The number of alkyl halides is 2. The van der Waals surface area contributed by atoms with Crippen LogP contribution < -0.4 is 0 Å². The van der Waals surface area contributed by atoms with E-state index in [0.29, 0.717) is 5.41 Å². The predicted molar refractivity (Wildman–Crippen MR) is 63.9 cm³/mol. The van der Waals surface area contributed by atoms with E-state index in [9.17, 15) is 0 Å². The van der Waals surface area contributed by atoms with Gasteiger partial charge >= 0.3 is 0 Å². The molecule has 1 aliphatic rings. The number of rotatable bonds is 7. The van der Waals surface area contributed by atoms with Crippen molar-refractivity contribution in [1.82, 2.24) is 0 Å². The van der Waals surface area contributed by atoms with E-state index < -0.39 is 0 Å². The van der Waals surface area contributed by atoms with Crippen molar-refractivity contribution in [2.75, 3.05) is 23.9 Å². The quantitative estimate of drug-likeness (QED) is 0.653. The van der Waals surface area contributed by atoms with Gasteiger partial charge in [-0.15, -0.1) is 0 Å². The molecule has 0 bridgehead atoms. The molecule has 0 aromatic heterocycles. The fraction of sp³-hybridized carbons (Fsp3) is 1.00. The summed E-state index contributed by atoms with van der Waals surface area (Å²) in [4.78, 5) is 0. The Labute approximate surface area is 97.9 Å². The first-order chi connectivity index (χ1) is 6.26. The lowest BCUT2D eigenvalue weighted by Crippen LogP contribution is -2.30. The van der Waals surface area contributed by atoms with Gasteiger partial charge < -0.3 is 4.74 Å². The van der Waals surface area contributed by atoms with Crippen molar-refractivity contribution >= 4 is 31.9 Å². The van der Waals surface area contributed by atoms with Crippen LogP contribution in [0.25, 0.3) is 0 Å². The van der Waals surface area contributed by atoms with E-state index in [-0.39, 0.29) is 0 Å². The number of ether oxygens (including phenoxy) is 1. The van der Waals surface area contributed by atoms with Crippen molar-refractivity contribution < 1.29 is 4.74 Å². The summed E-state index contributed by atoms with van der Waals surface area (Å²) in [5.74, 6) is 0.875. The maximum atomic E-state index is 5.74. The average Bonchev–Trinajstić information content (AvgIpc) is 2.97. The zero-order valence-corrected chi connectivity index (χ0v) is 11.4. The van der Waals surface area contributed by atoms with Gasteiger partial charge in [-0.25, -0.2) is 0 Å². The topological polar surface area (TPSA) is 9.23 Å². The third-order valence-electron chi connectivity index (χ3n) is 2.78. The molecule has 0 spiro atoms. The summed E-state index contributed by atoms with van der Waals surface area (Å²) >= 11 is 7.13. The minimum absolute atomic E-state index is 0.300. The van der Waals surface area contributed by atoms with Gasteiger partial charge in [0, 0.05) is 22.7 Å². The first-order valence-corrected chi connectivity index (χ1v) is 7.20. The van der Waals surface area contributed by atoms with Crippen LogP contribution >= 0.6 is 31.9 Å². The molecule has 78 valence electrons. The van der Waals surface area contributed by atoms with Crippen LogP contribution in [0.4, 0.5) is 0 Å². The van der Waals surface area contributed by atoms with Gasteiger partial charge in [0.15, 0.2) is 0 Å². The molecule has 1 rings (SSSR count). The van der Waals surface area contributed by atoms with Crippen molar-refractivity contribution in [3.05, 3.63) is 0 Å². The summed E-state index contributed by atoms with van der Waals surface area (Å²) in [6, 6.07) is 0. The van der Waals surface area contributed by atoms with Crippen molar-refractivity contribution in [2.45, 2.75) is 26.2 Å². The fourth-order valence-corrected chi connectivity index (χ4v) is 3.18. The molecule has 1 fully saturated rings. The number of halogens is 2. The molecule has 0 saturated heterocycles. The Morgan fingerprint density at radius 1 is 1.31 bits per heavy atom. The average molecular weight is 314 g/mol. The molecular formula is C10H18Br2O. The molecule has 1 saturated carbocycles. The zero-order chi connectivity index (χ0) is 9.73. The lowest BCUT2D eigenvalue weighted by Gasteiger charge is -2.28. The maximum Gasteiger partial charge on any atom is 0.0538 e. The second kappa shape index (κ2) is 5.72. The van der Waals surface area contributed by atoms with Gasteiger partial charge in [-0.3, -0.25) is 0 Å². The molecule has 0 aromatic carbocycles. The Balaban J connectivity index is 2.19. The van der Waals surface area contributed by atoms with Gasteiger partial charge in [0.05, 0.1) is 6.61 Å². The van der Waals surface area contributed by atoms with Gasteiger partial charge in [0.25, 0.3) is 0 Å². The Bertz CT molecular complexity index is 134. The van der Waals surface area contributed by atoms with E-state index in [1.165, 1.54) is 12.8 Å². The van der Waals surface area contributed by atoms with E-state index in [4.69, 9.17) is 4.74 Å². The molecule has 0 aliphatic heterocycles. The van der Waals surface area contributed by atoms with Crippen LogP contribution in [0, 0.1) is 11.3 Å². The van der Waals surface area contributed by atoms with Gasteiger partial charge in [-0.2, -0.15) is 0 Å². The Morgan fingerprint density at radius 2 is 1.92 bits per heavy atom. The summed E-state index contributed by atoms with van der Waals surface area (Å²) in [7, 11) is 0. The second-order valence-corrected chi connectivity index (χ2v) is 5.20. The highest BCUT2D eigenvalue weighted by molar-refractivity contribution is 9.09. The molecular weight excluding hydrogens is 296 g/mol. The molecule has 0 unspecified atom stereocenters. The van der Waals surface area contributed by atoms with Gasteiger partial charge in [-0.1, -0.05) is 38.8 Å². The fourth-order valence-electron chi connectivity index (χ4n) is 1.13. The Morgan fingerprint density at radius 3 is 2.31 bits per heavy atom. The van der Waals surface area contributed by atoms with Crippen LogP contribution in [0.2, 0.25) is 0 Å². The highest BCUT2D eigenvalue weighted by Crippen LogP contribution is 2.31. The summed E-state index contributed by atoms with van der Waals surface area (Å²) in [6.45, 7) is 4.08. The molecule has 0 heterocycles. The second-order valence-electron chi connectivity index (χ2n) is 4.08. The van der Waals surface area contributed by atoms with Crippen LogP contribution in [0.15, 0.2) is 0 Å². The number of hydrogen-bond acceptors (Lipinski definition) is 1. The molecule has 0 amide bonds. The first kappa shape index (κ1) is 12.0. The highest BCUT2D eigenvalue weighted by atomic mass is 79.9. The van der Waals surface area contributed by atoms with Gasteiger partial charge in [0.1, 0.15) is 0 Å². The molecule has 0 radical (unpaired) electrons. The highest BCUT2D eigenvalue weighted by Gasteiger charge is 2.28. The molecule has 3 heteroatoms. The Hall–Kier alpha value is 0.920. The van der Waals surface area contributed by atoms with E-state index in [1.54, 1.807) is 0 Å². The molecule has 13 heavy (non-hydrogen) atoms. The summed E-state index contributed by atoms with van der Waals surface area (Å²) < 4.78 is 5.74. The maximum absolute atomic E-state index is 5.74. The minimum Gasteiger partial charge on any atom is -0.381 e. The molecule has 0 atom stereocenters. The standard InChI is InChI=1S/C10H18Br2O/c1-2-10(6-11,7-12)8-13-5-9-3-4-9/h9H,2-8H2,1H3. The van der Waals surface area contributed by atoms with Crippen LogP contribution in [-0.4, -0.2) is 23.9 Å². The molecule has 0 aromatic rings. The predicted octanol–water partition coefficient (Wildman–Crippen LogP) is 3.60. The molecule has 0 N–H and O–H groups in total. The van der Waals surface area contributed by atoms with Crippen LogP contribution in [-0.2, 0) is 4.74 Å².